The fourth-order valence-electron chi connectivity index (χ4n) is 12.3. The summed E-state index contributed by atoms with van der Waals surface area (Å²) in [5, 5.41) is 10.6. The van der Waals surface area contributed by atoms with Crippen molar-refractivity contribution in [1.82, 2.24) is 0 Å². The summed E-state index contributed by atoms with van der Waals surface area (Å²) >= 11 is 0. The van der Waals surface area contributed by atoms with Gasteiger partial charge in [0.15, 0.2) is 12.2 Å². The molecule has 0 bridgehead atoms. The molecule has 588 valence electrons. The van der Waals surface area contributed by atoms with Gasteiger partial charge in [-0.1, -0.05) is 357 Å². The van der Waals surface area contributed by atoms with E-state index in [0.717, 1.165) is 115 Å². The summed E-state index contributed by atoms with van der Waals surface area (Å²) in [7, 11) is -9.92. The van der Waals surface area contributed by atoms with Gasteiger partial charge in [0.05, 0.1) is 26.4 Å². The number of phosphoric ester groups is 2. The van der Waals surface area contributed by atoms with Crippen LogP contribution in [0.2, 0.25) is 0 Å². The number of hydrogen-bond acceptors (Lipinski definition) is 15. The maximum atomic E-state index is 13.1. The number of phosphoric acid groups is 2. The molecule has 0 fully saturated rings. The minimum Gasteiger partial charge on any atom is -0.462 e. The van der Waals surface area contributed by atoms with Gasteiger partial charge in [0.2, 0.25) is 0 Å². The number of carbonyl (C=O) groups is 4. The Morgan fingerprint density at radius 1 is 0.253 bits per heavy atom. The van der Waals surface area contributed by atoms with Crippen molar-refractivity contribution in [2.75, 3.05) is 39.6 Å². The Morgan fingerprint density at radius 2 is 0.424 bits per heavy atom. The van der Waals surface area contributed by atoms with Crippen LogP contribution in [0.4, 0.5) is 0 Å². The van der Waals surface area contributed by atoms with E-state index in [1.807, 2.05) is 0 Å². The van der Waals surface area contributed by atoms with Crippen LogP contribution < -0.4 is 0 Å². The van der Waals surface area contributed by atoms with Crippen molar-refractivity contribution in [3.63, 3.8) is 0 Å². The van der Waals surface area contributed by atoms with Crippen LogP contribution in [0.25, 0.3) is 0 Å². The number of ether oxygens (including phenoxy) is 4. The van der Waals surface area contributed by atoms with Crippen LogP contribution in [0.1, 0.15) is 409 Å². The highest BCUT2D eigenvalue weighted by atomic mass is 31.2. The summed E-state index contributed by atoms with van der Waals surface area (Å²) in [6.45, 7) is 14.2. The van der Waals surface area contributed by atoms with Gasteiger partial charge in [0.25, 0.3) is 0 Å². The lowest BCUT2D eigenvalue weighted by Crippen LogP contribution is -2.30. The van der Waals surface area contributed by atoms with Crippen LogP contribution >= 0.6 is 15.6 Å². The van der Waals surface area contributed by atoms with Crippen molar-refractivity contribution in [3.05, 3.63) is 0 Å². The highest BCUT2D eigenvalue weighted by Gasteiger charge is 2.30. The monoisotopic (exact) mass is 1450 g/mol. The van der Waals surface area contributed by atoms with Gasteiger partial charge in [0, 0.05) is 25.7 Å². The molecule has 19 heteroatoms. The van der Waals surface area contributed by atoms with Crippen molar-refractivity contribution in [3.8, 4) is 0 Å². The Labute approximate surface area is 607 Å². The van der Waals surface area contributed by atoms with E-state index in [4.69, 9.17) is 37.0 Å². The van der Waals surface area contributed by atoms with Crippen LogP contribution in [0.5, 0.6) is 0 Å². The van der Waals surface area contributed by atoms with Gasteiger partial charge in [-0.05, 0) is 49.4 Å². The zero-order chi connectivity index (χ0) is 73.1. The number of carbonyl (C=O) groups excluding carboxylic acids is 4. The molecule has 0 aliphatic heterocycles. The second-order valence-corrected chi connectivity index (χ2v) is 33.6. The average molecular weight is 1450 g/mol. The first-order chi connectivity index (χ1) is 47.6. The largest absolute Gasteiger partial charge is 0.472 e. The highest BCUT2D eigenvalue weighted by Crippen LogP contribution is 2.45. The number of hydrogen-bond donors (Lipinski definition) is 3. The Balaban J connectivity index is 5.14. The van der Waals surface area contributed by atoms with Crippen LogP contribution in [0, 0.1) is 23.7 Å². The molecule has 0 aliphatic rings. The number of esters is 4. The van der Waals surface area contributed by atoms with E-state index in [1.165, 1.54) is 199 Å². The van der Waals surface area contributed by atoms with Gasteiger partial charge in [-0.25, -0.2) is 9.13 Å². The first kappa shape index (κ1) is 97.1. The van der Waals surface area contributed by atoms with E-state index in [-0.39, 0.29) is 25.7 Å². The molecule has 0 saturated carbocycles. The van der Waals surface area contributed by atoms with Crippen molar-refractivity contribution in [2.45, 2.75) is 427 Å². The predicted molar refractivity (Wildman–Crippen MR) is 404 cm³/mol. The fourth-order valence-corrected chi connectivity index (χ4v) is 13.8. The van der Waals surface area contributed by atoms with Gasteiger partial charge >= 0.3 is 39.5 Å². The lowest BCUT2D eigenvalue weighted by molar-refractivity contribution is -0.161. The molecular formula is C80H156O17P2. The van der Waals surface area contributed by atoms with Gasteiger partial charge < -0.3 is 33.8 Å². The maximum Gasteiger partial charge on any atom is 0.472 e. The molecule has 0 heterocycles. The lowest BCUT2D eigenvalue weighted by Gasteiger charge is -2.21. The van der Waals surface area contributed by atoms with E-state index in [9.17, 15) is 43.2 Å². The third kappa shape index (κ3) is 74.1. The molecule has 0 saturated heterocycles. The van der Waals surface area contributed by atoms with Gasteiger partial charge in [-0.3, -0.25) is 37.3 Å². The first-order valence-corrected chi connectivity index (χ1v) is 44.2. The smallest absolute Gasteiger partial charge is 0.462 e. The Morgan fingerprint density at radius 3 is 0.626 bits per heavy atom. The molecule has 3 unspecified atom stereocenters. The van der Waals surface area contributed by atoms with Gasteiger partial charge in [-0.2, -0.15) is 0 Å². The molecule has 17 nitrogen and oxygen atoms in total. The SMILES string of the molecule is CC(C)CCCCCCCCCCCCCCCCCCCCC(=O)O[C@H](COC(=O)CCCCCCCCC(C)C)COP(=O)(O)OCC(O)COP(=O)(O)OC[C@@H](COC(=O)CCCCCCCCCC(C)C)OC(=O)CCCCCCCCCCCCCCCCCCC(C)C. The molecule has 0 aromatic heterocycles. The molecule has 0 radical (unpaired) electrons. The summed E-state index contributed by atoms with van der Waals surface area (Å²) in [6.07, 6.45) is 55.9. The topological polar surface area (TPSA) is 237 Å². The van der Waals surface area contributed by atoms with Crippen molar-refractivity contribution < 1.29 is 80.2 Å². The number of unbranched alkanes of at least 4 members (excludes halogenated alkanes) is 43. The third-order valence-corrected chi connectivity index (χ3v) is 20.5. The number of rotatable bonds is 77. The second kappa shape index (κ2) is 69.1. The summed E-state index contributed by atoms with van der Waals surface area (Å²) in [5.74, 6) is 0.894. The summed E-state index contributed by atoms with van der Waals surface area (Å²) < 4.78 is 68.6. The molecule has 0 amide bonds. The number of aliphatic hydroxyl groups excluding tert-OH is 1. The molecular weight excluding hydrogens is 1290 g/mol. The summed E-state index contributed by atoms with van der Waals surface area (Å²) in [4.78, 5) is 72.9. The van der Waals surface area contributed by atoms with E-state index in [2.05, 4.69) is 55.4 Å². The van der Waals surface area contributed by atoms with Crippen LogP contribution in [0.3, 0.4) is 0 Å². The zero-order valence-electron chi connectivity index (χ0n) is 65.1. The normalized spacial score (nSPS) is 14.1. The van der Waals surface area contributed by atoms with E-state index >= 15 is 0 Å². The molecule has 0 aromatic rings. The predicted octanol–water partition coefficient (Wildman–Crippen LogP) is 23.6. The van der Waals surface area contributed by atoms with Gasteiger partial charge in [0.1, 0.15) is 19.3 Å². The lowest BCUT2D eigenvalue weighted by atomic mass is 10.0. The molecule has 0 aromatic carbocycles. The van der Waals surface area contributed by atoms with Crippen molar-refractivity contribution in [1.29, 1.82) is 0 Å². The molecule has 3 N–H and O–H groups in total. The highest BCUT2D eigenvalue weighted by molar-refractivity contribution is 7.47. The Hall–Kier alpha value is -1.94. The summed E-state index contributed by atoms with van der Waals surface area (Å²) in [5.41, 5.74) is 0. The number of aliphatic hydroxyl groups is 1. The molecule has 99 heavy (non-hydrogen) atoms. The summed E-state index contributed by atoms with van der Waals surface area (Å²) in [6, 6.07) is 0. The fraction of sp³-hybridized carbons (Fsp3) is 0.950. The van der Waals surface area contributed by atoms with Crippen LogP contribution in [-0.2, 0) is 65.4 Å². The zero-order valence-corrected chi connectivity index (χ0v) is 66.9. The van der Waals surface area contributed by atoms with E-state index in [1.54, 1.807) is 0 Å². The minimum atomic E-state index is -4.96. The van der Waals surface area contributed by atoms with Crippen molar-refractivity contribution >= 4 is 39.5 Å². The average Bonchev–Trinajstić information content (AvgIpc) is 0.940. The van der Waals surface area contributed by atoms with Crippen LogP contribution in [0.15, 0.2) is 0 Å². The molecule has 0 spiro atoms. The van der Waals surface area contributed by atoms with Gasteiger partial charge in [-0.15, -0.1) is 0 Å². The Bertz CT molecular complexity index is 1940. The molecule has 5 atom stereocenters. The van der Waals surface area contributed by atoms with Crippen LogP contribution in [-0.4, -0.2) is 96.7 Å². The second-order valence-electron chi connectivity index (χ2n) is 30.7. The van der Waals surface area contributed by atoms with E-state index < -0.39 is 97.5 Å². The quantitative estimate of drug-likeness (QED) is 0.0222. The minimum absolute atomic E-state index is 0.107. The van der Waals surface area contributed by atoms with Crippen molar-refractivity contribution in [2.24, 2.45) is 23.7 Å². The standard InChI is InChI=1S/C80H156O17P2/c1-70(2)56-48-40-32-27-23-19-15-11-9-10-12-17-21-25-29-35-46-55-63-80(85)97-76(67-91-78(83)61-53-45-39-38-43-51-59-73(7)8)69-95-99(88,89)93-65-74(81)64-92-98(86,87)94-68-75(66-90-77(82)60-52-44-37-31-34-42-50-58-72(5)6)96-79(84)62-54-47-36-30-26-22-18-14-13-16-20-24-28-33-41-49-57-71(3)4/h70-76,81H,9-69H2,1-8H3,(H,86,87)(H,88,89)/t74?,75-,76-/m1/s1. The van der Waals surface area contributed by atoms with E-state index in [0.29, 0.717) is 37.5 Å². The molecule has 0 aliphatic carbocycles. The maximum absolute atomic E-state index is 13.1. The Kier molecular flexibility index (Phi) is 67.8. The molecule has 0 rings (SSSR count). The third-order valence-electron chi connectivity index (χ3n) is 18.6. The first-order valence-electron chi connectivity index (χ1n) is 41.2.